The van der Waals surface area contributed by atoms with E-state index < -0.39 is 0 Å². The van der Waals surface area contributed by atoms with Gasteiger partial charge in [0, 0.05) is 0 Å². The Bertz CT molecular complexity index is 607. The Morgan fingerprint density at radius 3 is 1.63 bits per heavy atom. The summed E-state index contributed by atoms with van der Waals surface area (Å²) in [5, 5.41) is 2.86. The Labute approximate surface area is 196 Å². The molecule has 0 atom stereocenters. The predicted octanol–water partition coefficient (Wildman–Crippen LogP) is 7.06. The monoisotopic (exact) mass is 447 g/mol. The van der Waals surface area contributed by atoms with Gasteiger partial charge in [0.1, 0.15) is 0 Å². The fourth-order valence-electron chi connectivity index (χ4n) is 3.76. The molecule has 4 heteroatoms. The van der Waals surface area contributed by atoms with Crippen LogP contribution in [-0.4, -0.2) is 37.9 Å². The number of nitrogens with zero attached hydrogens (tertiary/aromatic N) is 1. The molecule has 168 valence electrons. The van der Waals surface area contributed by atoms with E-state index in [0.717, 1.165) is 10.5 Å². The van der Waals surface area contributed by atoms with Crippen molar-refractivity contribution in [1.82, 2.24) is 0 Å². The Morgan fingerprint density at radius 2 is 1.23 bits per heavy atom. The number of benzene rings is 1. The maximum absolute atomic E-state index is 6.01. The topological polar surface area (TPSA) is 0 Å². The molecule has 0 bridgehead atoms. The second-order valence-corrected chi connectivity index (χ2v) is 9.72. The average molecular weight is 448 g/mol. The van der Waals surface area contributed by atoms with E-state index in [1.807, 2.05) is 30.3 Å². The van der Waals surface area contributed by atoms with Gasteiger partial charge in [0.25, 0.3) is 0 Å². The van der Waals surface area contributed by atoms with Crippen molar-refractivity contribution in [2.24, 2.45) is 0 Å². The lowest BCUT2D eigenvalue weighted by molar-refractivity contribution is -0.929. The SMILES string of the molecule is CCCC[N+](CCCC)(CCCC)CCCC.Clc1ccccc1[B-]c1cccs1. The molecular weight excluding hydrogens is 405 g/mol. The summed E-state index contributed by atoms with van der Waals surface area (Å²) >= 11 is 7.73. The number of quaternary nitrogens is 1. The average Bonchev–Trinajstić information content (AvgIpc) is 3.28. The van der Waals surface area contributed by atoms with Crippen LogP contribution in [0.3, 0.4) is 0 Å². The zero-order valence-electron chi connectivity index (χ0n) is 19.8. The Morgan fingerprint density at radius 1 is 0.733 bits per heavy atom. The maximum atomic E-state index is 6.01. The molecule has 0 spiro atoms. The molecule has 1 heterocycles. The molecule has 0 aliphatic carbocycles. The van der Waals surface area contributed by atoms with Gasteiger partial charge in [0.05, 0.1) is 26.2 Å². The molecule has 2 aromatic rings. The molecule has 1 nitrogen and oxygen atoms in total. The first-order chi connectivity index (χ1) is 14.6. The molecule has 1 aromatic heterocycles. The van der Waals surface area contributed by atoms with Crippen LogP contribution in [0.5, 0.6) is 0 Å². The van der Waals surface area contributed by atoms with Crippen molar-refractivity contribution in [3.8, 4) is 0 Å². The van der Waals surface area contributed by atoms with E-state index in [0.29, 0.717) is 0 Å². The molecule has 0 unspecified atom stereocenters. The molecule has 0 saturated carbocycles. The van der Waals surface area contributed by atoms with Gasteiger partial charge in [-0.15, -0.1) is 6.07 Å². The number of unbranched alkanes of at least 4 members (excludes halogenated alkanes) is 4. The lowest BCUT2D eigenvalue weighted by Crippen LogP contribution is -2.50. The zero-order chi connectivity index (χ0) is 22.1. The summed E-state index contributed by atoms with van der Waals surface area (Å²) in [4.78, 5) is 0. The Hall–Kier alpha value is -0.765. The van der Waals surface area contributed by atoms with Crippen molar-refractivity contribution in [1.29, 1.82) is 0 Å². The smallest absolute Gasteiger partial charge is 0.0786 e. The largest absolute Gasteiger partial charge is 0.324 e. The highest BCUT2D eigenvalue weighted by Gasteiger charge is 2.24. The minimum atomic E-state index is 0.802. The van der Waals surface area contributed by atoms with E-state index in [9.17, 15) is 0 Å². The third-order valence-corrected chi connectivity index (χ3v) is 6.85. The van der Waals surface area contributed by atoms with E-state index in [1.54, 1.807) is 11.3 Å². The van der Waals surface area contributed by atoms with Crippen molar-refractivity contribution in [2.45, 2.75) is 79.1 Å². The van der Waals surface area contributed by atoms with Crippen LogP contribution in [-0.2, 0) is 0 Å². The summed E-state index contributed by atoms with van der Waals surface area (Å²) < 4.78 is 2.65. The second-order valence-electron chi connectivity index (χ2n) is 8.33. The molecule has 0 aliphatic heterocycles. The summed E-state index contributed by atoms with van der Waals surface area (Å²) in [7, 11) is 2.09. The molecule has 1 aromatic carbocycles. The summed E-state index contributed by atoms with van der Waals surface area (Å²) in [6.07, 6.45) is 11.1. The molecule has 2 rings (SSSR count). The van der Waals surface area contributed by atoms with Gasteiger partial charge >= 0.3 is 0 Å². The lowest BCUT2D eigenvalue weighted by Gasteiger charge is -2.39. The Balaban J connectivity index is 0.000000308. The van der Waals surface area contributed by atoms with Crippen LogP contribution in [0.2, 0.25) is 5.02 Å². The van der Waals surface area contributed by atoms with Gasteiger partial charge in [0.2, 0.25) is 0 Å². The first kappa shape index (κ1) is 27.3. The normalized spacial score (nSPS) is 11.2. The third-order valence-electron chi connectivity index (χ3n) is 5.69. The first-order valence-electron chi connectivity index (χ1n) is 12.1. The molecular formula is C26H43BClNS. The highest BCUT2D eigenvalue weighted by Crippen LogP contribution is 2.16. The lowest BCUT2D eigenvalue weighted by atomic mass is 9.69. The highest BCUT2D eigenvalue weighted by atomic mass is 35.5. The second kappa shape index (κ2) is 16.9. The van der Waals surface area contributed by atoms with E-state index in [4.69, 9.17) is 11.6 Å². The third kappa shape index (κ3) is 11.0. The number of hydrogen-bond acceptors (Lipinski definition) is 1. The number of rotatable bonds is 14. The molecule has 0 amide bonds. The number of thiophene rings is 1. The molecule has 2 radical (unpaired) electrons. The van der Waals surface area contributed by atoms with Gasteiger partial charge in [-0.2, -0.15) is 11.3 Å². The fraction of sp³-hybridized carbons (Fsp3) is 0.615. The number of halogens is 1. The molecule has 0 N–H and O–H groups in total. The van der Waals surface area contributed by atoms with Crippen LogP contribution in [0.15, 0.2) is 41.8 Å². The minimum Gasteiger partial charge on any atom is -0.324 e. The Kier molecular flexibility index (Phi) is 15.3. The molecule has 0 saturated heterocycles. The summed E-state index contributed by atoms with van der Waals surface area (Å²) in [6.45, 7) is 15.0. The zero-order valence-corrected chi connectivity index (χ0v) is 21.4. The van der Waals surface area contributed by atoms with Crippen LogP contribution in [0.1, 0.15) is 79.1 Å². The van der Waals surface area contributed by atoms with Crippen LogP contribution in [0.25, 0.3) is 0 Å². The van der Waals surface area contributed by atoms with Gasteiger partial charge in [-0.3, -0.25) is 5.46 Å². The van der Waals surface area contributed by atoms with Crippen LogP contribution in [0.4, 0.5) is 0 Å². The van der Waals surface area contributed by atoms with Gasteiger partial charge in [-0.1, -0.05) is 89.2 Å². The van der Waals surface area contributed by atoms with Crippen molar-refractivity contribution in [2.75, 3.05) is 26.2 Å². The van der Waals surface area contributed by atoms with Crippen LogP contribution >= 0.6 is 22.9 Å². The van der Waals surface area contributed by atoms with Crippen molar-refractivity contribution in [3.05, 3.63) is 46.8 Å². The van der Waals surface area contributed by atoms with Crippen LogP contribution < -0.4 is 10.2 Å². The first-order valence-corrected chi connectivity index (χ1v) is 13.3. The van der Waals surface area contributed by atoms with Crippen molar-refractivity contribution in [3.63, 3.8) is 0 Å². The van der Waals surface area contributed by atoms with E-state index >= 15 is 0 Å². The standard InChI is InChI=1S/C16H36N.C10H7BClS/c1-5-9-13-17(14-10-6-2,15-11-7-3)16-12-8-4;12-9-5-2-1-4-8(9)11-10-6-3-7-13-10/h5-16H2,1-4H3;1-7H/q+1;-1. The maximum Gasteiger partial charge on any atom is 0.0786 e. The van der Waals surface area contributed by atoms with Crippen LogP contribution in [0, 0.1) is 0 Å². The summed E-state index contributed by atoms with van der Waals surface area (Å²) in [6, 6.07) is 12.0. The minimum absolute atomic E-state index is 0.802. The fourth-order valence-corrected chi connectivity index (χ4v) is 4.62. The van der Waals surface area contributed by atoms with Crippen molar-refractivity contribution >= 4 is 40.5 Å². The van der Waals surface area contributed by atoms with Gasteiger partial charge < -0.3 is 4.48 Å². The predicted molar refractivity (Wildman–Crippen MR) is 140 cm³/mol. The molecule has 0 fully saturated rings. The highest BCUT2D eigenvalue weighted by molar-refractivity contribution is 7.21. The number of hydrogen-bond donors (Lipinski definition) is 0. The molecule has 0 aliphatic rings. The summed E-state index contributed by atoms with van der Waals surface area (Å²) in [5.74, 6) is 0. The van der Waals surface area contributed by atoms with Gasteiger partial charge in [-0.25, -0.2) is 12.1 Å². The van der Waals surface area contributed by atoms with E-state index in [2.05, 4.69) is 46.4 Å². The van der Waals surface area contributed by atoms with Crippen molar-refractivity contribution < 1.29 is 4.48 Å². The van der Waals surface area contributed by atoms with E-state index in [-0.39, 0.29) is 0 Å². The van der Waals surface area contributed by atoms with E-state index in [1.165, 1.54) is 86.8 Å². The summed E-state index contributed by atoms with van der Waals surface area (Å²) in [5.41, 5.74) is 1.08. The van der Waals surface area contributed by atoms with Gasteiger partial charge in [0.15, 0.2) is 0 Å². The quantitative estimate of drug-likeness (QED) is 0.215. The molecule has 30 heavy (non-hydrogen) atoms. The van der Waals surface area contributed by atoms with Gasteiger partial charge in [-0.05, 0) is 42.2 Å².